The van der Waals surface area contributed by atoms with E-state index in [2.05, 4.69) is 34.3 Å². The summed E-state index contributed by atoms with van der Waals surface area (Å²) in [7, 11) is 0. The molecule has 0 amide bonds. The molecule has 0 rings (SSSR count). The van der Waals surface area contributed by atoms with Gasteiger partial charge in [-0.2, -0.15) is 0 Å². The second kappa shape index (κ2) is 9.67. The summed E-state index contributed by atoms with van der Waals surface area (Å²) in [6.45, 7) is 4.60. The third-order valence-corrected chi connectivity index (χ3v) is 2.01. The van der Waals surface area contributed by atoms with E-state index in [4.69, 9.17) is 0 Å². The first-order chi connectivity index (χ1) is 4.27. The normalized spacial score (nSPS) is 9.40. The van der Waals surface area contributed by atoms with Gasteiger partial charge in [0.15, 0.2) is 0 Å². The van der Waals surface area contributed by atoms with E-state index < -0.39 is 0 Å². The number of unbranched alkanes of at least 4 members (excludes halogenated alkanes) is 2. The maximum Gasteiger partial charge on any atom is -0.870 e. The van der Waals surface area contributed by atoms with E-state index in [9.17, 15) is 0 Å². The summed E-state index contributed by atoms with van der Waals surface area (Å²) in [4.78, 5) is 0. The van der Waals surface area contributed by atoms with Gasteiger partial charge in [0.1, 0.15) is 0 Å². The van der Waals surface area contributed by atoms with Gasteiger partial charge in [-0.25, -0.2) is 0 Å². The van der Waals surface area contributed by atoms with Crippen LogP contribution in [0.1, 0.15) is 39.5 Å². The van der Waals surface area contributed by atoms with Crippen LogP contribution in [0.25, 0.3) is 0 Å². The molecule has 1 N–H and O–H groups in total. The molecule has 0 bridgehead atoms. The van der Waals surface area contributed by atoms with E-state index >= 15 is 0 Å². The third-order valence-electron chi connectivity index (χ3n) is 1.46. The Bertz CT molecular complexity index is 55.2. The molecule has 0 fully saturated rings. The molecular formula is C8H18OTi. The molecule has 0 aliphatic rings. The topological polar surface area (TPSA) is 30.0 Å². The van der Waals surface area contributed by atoms with Gasteiger partial charge >= 0.3 is 70.6 Å². The van der Waals surface area contributed by atoms with Crippen LogP contribution in [0.4, 0.5) is 0 Å². The first-order valence-electron chi connectivity index (χ1n) is 3.92. The van der Waals surface area contributed by atoms with Crippen LogP contribution in [0, 0.1) is 5.92 Å². The standard InChI is InChI=1S/C8H17.H2O.Ti/c1-4-5-6-7-8(2)3;;/h8H,1,4-7H2,2-3H3;1H2;/q;;+1/p-1. The fourth-order valence-electron chi connectivity index (χ4n) is 0.854. The molecule has 0 radical (unpaired) electrons. The first kappa shape index (κ1) is 13.3. The summed E-state index contributed by atoms with van der Waals surface area (Å²) in [5.41, 5.74) is 0. The molecule has 1 nitrogen and oxygen atoms in total. The van der Waals surface area contributed by atoms with Gasteiger partial charge in [-0.05, 0) is 0 Å². The zero-order chi connectivity index (χ0) is 7.11. The van der Waals surface area contributed by atoms with Gasteiger partial charge in [0.25, 0.3) is 0 Å². The molecule has 0 heterocycles. The minimum Gasteiger partial charge on any atom is -0.870 e. The van der Waals surface area contributed by atoms with Gasteiger partial charge < -0.3 is 5.48 Å². The molecule has 0 saturated heterocycles. The Hall–Kier alpha value is 0.674. The Morgan fingerprint density at radius 2 is 1.70 bits per heavy atom. The molecule has 0 aliphatic carbocycles. The smallest absolute Gasteiger partial charge is 0.870 e. The van der Waals surface area contributed by atoms with Gasteiger partial charge in [-0.15, -0.1) is 0 Å². The van der Waals surface area contributed by atoms with Crippen LogP contribution in [0.2, 0.25) is 4.73 Å². The maximum atomic E-state index is 2.30. The van der Waals surface area contributed by atoms with Crippen LogP contribution in [0.3, 0.4) is 0 Å². The van der Waals surface area contributed by atoms with E-state index in [0.717, 1.165) is 5.92 Å². The second-order valence-corrected chi connectivity index (χ2v) is 3.77. The minimum atomic E-state index is 0. The Morgan fingerprint density at radius 1 is 1.10 bits per heavy atom. The molecule has 0 spiro atoms. The van der Waals surface area contributed by atoms with Crippen molar-refractivity contribution in [3.8, 4) is 0 Å². The van der Waals surface area contributed by atoms with E-state index in [1.165, 1.54) is 30.4 Å². The van der Waals surface area contributed by atoms with Crippen molar-refractivity contribution in [2.24, 2.45) is 5.92 Å². The first-order valence-corrected chi connectivity index (χ1v) is 5.02. The summed E-state index contributed by atoms with van der Waals surface area (Å²) in [5, 5.41) is 0. The van der Waals surface area contributed by atoms with Crippen LogP contribution in [-0.4, -0.2) is 5.48 Å². The largest absolute Gasteiger partial charge is 0.870 e. The van der Waals surface area contributed by atoms with Crippen molar-refractivity contribution in [3.05, 3.63) is 0 Å². The number of rotatable bonds is 5. The molecule has 0 atom stereocenters. The monoisotopic (exact) mass is 178 g/mol. The van der Waals surface area contributed by atoms with Crippen LogP contribution >= 0.6 is 0 Å². The quantitative estimate of drug-likeness (QED) is 0.470. The summed E-state index contributed by atoms with van der Waals surface area (Å²) in [5.74, 6) is 0.904. The molecule has 60 valence electrons. The minimum absolute atomic E-state index is 0. The average molecular weight is 178 g/mol. The Labute approximate surface area is 76.3 Å². The third kappa shape index (κ3) is 11.5. The van der Waals surface area contributed by atoms with Crippen molar-refractivity contribution in [3.63, 3.8) is 0 Å². The second-order valence-electron chi connectivity index (χ2n) is 2.99. The zero-order valence-corrected chi connectivity index (χ0v) is 8.62. The fourth-order valence-corrected chi connectivity index (χ4v) is 1.24. The predicted octanol–water partition coefficient (Wildman–Crippen LogP) is 2.99. The molecule has 0 aromatic rings. The molecule has 0 aliphatic heterocycles. The molecule has 2 heteroatoms. The Balaban J connectivity index is 0. The van der Waals surface area contributed by atoms with E-state index in [1.54, 1.807) is 0 Å². The van der Waals surface area contributed by atoms with Crippen molar-refractivity contribution >= 4 is 0 Å². The Morgan fingerprint density at radius 3 is 2.10 bits per heavy atom. The molecule has 0 unspecified atom stereocenters. The van der Waals surface area contributed by atoms with Gasteiger partial charge in [0, 0.05) is 0 Å². The van der Waals surface area contributed by atoms with E-state index in [-0.39, 0.29) is 5.48 Å². The fraction of sp³-hybridized carbons (Fsp3) is 1.00. The maximum absolute atomic E-state index is 2.30. The zero-order valence-electron chi connectivity index (χ0n) is 7.06. The molecule has 0 aromatic carbocycles. The van der Waals surface area contributed by atoms with Crippen LogP contribution < -0.4 is 0 Å². The van der Waals surface area contributed by atoms with Gasteiger partial charge in [-0.1, -0.05) is 0 Å². The van der Waals surface area contributed by atoms with E-state index in [0.29, 0.717) is 0 Å². The summed E-state index contributed by atoms with van der Waals surface area (Å²) >= 11 is 2.26. The molecule has 10 heavy (non-hydrogen) atoms. The van der Waals surface area contributed by atoms with Crippen molar-refractivity contribution in [2.45, 2.75) is 44.3 Å². The summed E-state index contributed by atoms with van der Waals surface area (Å²) < 4.78 is 1.36. The summed E-state index contributed by atoms with van der Waals surface area (Å²) in [6.07, 6.45) is 5.72. The van der Waals surface area contributed by atoms with Crippen molar-refractivity contribution in [2.75, 3.05) is 0 Å². The van der Waals surface area contributed by atoms with E-state index in [1.807, 2.05) is 0 Å². The average Bonchev–Trinajstić information content (AvgIpc) is 1.80. The molecule has 0 aromatic heterocycles. The molecule has 0 saturated carbocycles. The van der Waals surface area contributed by atoms with Crippen LogP contribution in [0.5, 0.6) is 0 Å². The number of hydrogen-bond donors (Lipinski definition) is 0. The number of hydrogen-bond acceptors (Lipinski definition) is 1. The summed E-state index contributed by atoms with van der Waals surface area (Å²) in [6, 6.07) is 0. The van der Waals surface area contributed by atoms with Crippen LogP contribution in [-0.2, 0) is 20.4 Å². The van der Waals surface area contributed by atoms with Crippen molar-refractivity contribution in [1.82, 2.24) is 0 Å². The van der Waals surface area contributed by atoms with Crippen LogP contribution in [0.15, 0.2) is 0 Å². The Kier molecular flexibility index (Phi) is 12.8. The SMILES string of the molecule is CC(C)CCCC[CH2][Ti+].[OH-]. The predicted molar refractivity (Wildman–Crippen MR) is 40.0 cm³/mol. The van der Waals surface area contributed by atoms with Crippen molar-refractivity contribution < 1.29 is 25.9 Å². The van der Waals surface area contributed by atoms with Gasteiger partial charge in [-0.3, -0.25) is 0 Å². The van der Waals surface area contributed by atoms with Gasteiger partial charge in [0.05, 0.1) is 0 Å². The molecular weight excluding hydrogens is 160 g/mol. The van der Waals surface area contributed by atoms with Gasteiger partial charge in [0.2, 0.25) is 0 Å². The van der Waals surface area contributed by atoms with Crippen molar-refractivity contribution in [1.29, 1.82) is 0 Å².